The molecule has 0 amide bonds. The van der Waals surface area contributed by atoms with Gasteiger partial charge < -0.3 is 5.11 Å². The third-order valence-electron chi connectivity index (χ3n) is 2.17. The first-order valence-electron chi connectivity index (χ1n) is 4.73. The Hall–Kier alpha value is -0.790. The second kappa shape index (κ2) is 4.83. The Morgan fingerprint density at radius 1 is 1.06 bits per heavy atom. The Morgan fingerprint density at radius 2 is 1.41 bits per heavy atom. The molecule has 2 nitrogen and oxygen atoms in total. The number of halogens is 6. The van der Waals surface area contributed by atoms with Gasteiger partial charge in [0, 0.05) is 6.42 Å². The van der Waals surface area contributed by atoms with Gasteiger partial charge in [0.25, 0.3) is 0 Å². The van der Waals surface area contributed by atoms with E-state index in [0.29, 0.717) is 0 Å². The van der Waals surface area contributed by atoms with Crippen molar-refractivity contribution in [2.24, 2.45) is 5.92 Å². The molecule has 0 saturated carbocycles. The molecule has 0 aliphatic heterocycles. The summed E-state index contributed by atoms with van der Waals surface area (Å²) in [7, 11) is 0. The molecule has 0 spiro atoms. The summed E-state index contributed by atoms with van der Waals surface area (Å²) in [5.74, 6) is -2.52. The molecule has 0 aromatic heterocycles. The van der Waals surface area contributed by atoms with Crippen LogP contribution in [0.25, 0.3) is 0 Å². The van der Waals surface area contributed by atoms with E-state index >= 15 is 0 Å². The van der Waals surface area contributed by atoms with E-state index in [2.05, 4.69) is 0 Å². The van der Waals surface area contributed by atoms with Crippen LogP contribution in [-0.4, -0.2) is 28.8 Å². The molecule has 0 aliphatic rings. The number of Topliss-reactive ketones (excluding diaryl/α,β-unsaturated/α-hetero) is 1. The van der Waals surface area contributed by atoms with E-state index < -0.39 is 30.2 Å². The normalized spacial score (nSPS) is 14.2. The number of alkyl halides is 6. The molecule has 0 atom stereocenters. The van der Waals surface area contributed by atoms with Gasteiger partial charge in [-0.15, -0.1) is 0 Å². The van der Waals surface area contributed by atoms with Gasteiger partial charge in [-0.05, 0) is 12.3 Å². The molecule has 0 saturated heterocycles. The van der Waals surface area contributed by atoms with E-state index in [1.165, 1.54) is 13.8 Å². The fourth-order valence-corrected chi connectivity index (χ4v) is 1.08. The third-order valence-corrected chi connectivity index (χ3v) is 2.17. The van der Waals surface area contributed by atoms with Crippen molar-refractivity contribution in [1.82, 2.24) is 0 Å². The van der Waals surface area contributed by atoms with E-state index in [4.69, 9.17) is 5.11 Å². The van der Waals surface area contributed by atoms with Crippen molar-refractivity contribution in [2.45, 2.75) is 44.6 Å². The largest absolute Gasteiger partial charge is 0.433 e. The van der Waals surface area contributed by atoms with Crippen LogP contribution in [0.5, 0.6) is 0 Å². The van der Waals surface area contributed by atoms with Crippen LogP contribution in [0.3, 0.4) is 0 Å². The smallest absolute Gasteiger partial charge is 0.367 e. The van der Waals surface area contributed by atoms with Crippen LogP contribution in [0.15, 0.2) is 0 Å². The van der Waals surface area contributed by atoms with Crippen LogP contribution in [-0.2, 0) is 4.79 Å². The highest BCUT2D eigenvalue weighted by atomic mass is 19.4. The van der Waals surface area contributed by atoms with Gasteiger partial charge in [0.1, 0.15) is 0 Å². The molecule has 0 heterocycles. The molecule has 0 fully saturated rings. The Kier molecular flexibility index (Phi) is 4.61. The topological polar surface area (TPSA) is 37.3 Å². The Morgan fingerprint density at radius 3 is 1.65 bits per heavy atom. The maximum absolute atomic E-state index is 12.2. The lowest BCUT2D eigenvalue weighted by molar-refractivity contribution is -0.349. The van der Waals surface area contributed by atoms with Gasteiger partial charge in [0.05, 0.1) is 0 Å². The van der Waals surface area contributed by atoms with Crippen molar-refractivity contribution in [3.63, 3.8) is 0 Å². The number of hydrogen-bond donors (Lipinski definition) is 1. The summed E-state index contributed by atoms with van der Waals surface area (Å²) in [5.41, 5.74) is -5.27. The fourth-order valence-electron chi connectivity index (χ4n) is 1.08. The van der Waals surface area contributed by atoms with Crippen LogP contribution in [0.2, 0.25) is 0 Å². The molecule has 1 N–H and O–H groups in total. The van der Waals surface area contributed by atoms with Gasteiger partial charge in [-0.25, -0.2) is 0 Å². The second-order valence-electron chi connectivity index (χ2n) is 4.06. The summed E-state index contributed by atoms with van der Waals surface area (Å²) < 4.78 is 73.1. The van der Waals surface area contributed by atoms with Crippen LogP contribution in [0.1, 0.15) is 26.7 Å². The zero-order chi connectivity index (χ0) is 14.1. The van der Waals surface area contributed by atoms with Crippen LogP contribution >= 0.6 is 0 Å². The van der Waals surface area contributed by atoms with Gasteiger partial charge >= 0.3 is 18.0 Å². The first-order valence-corrected chi connectivity index (χ1v) is 4.73. The number of ketones is 1. The first kappa shape index (κ1) is 16.2. The summed E-state index contributed by atoms with van der Waals surface area (Å²) in [6, 6.07) is 0. The molecule has 0 aliphatic carbocycles. The Bertz CT molecular complexity index is 264. The number of rotatable bonds is 4. The molecule has 17 heavy (non-hydrogen) atoms. The minimum Gasteiger partial charge on any atom is -0.367 e. The van der Waals surface area contributed by atoms with Gasteiger partial charge in [-0.3, -0.25) is 4.79 Å². The average molecular weight is 266 g/mol. The Labute approximate surface area is 93.6 Å². The van der Waals surface area contributed by atoms with Crippen LogP contribution < -0.4 is 0 Å². The Balaban J connectivity index is 5.16. The third kappa shape index (κ3) is 3.34. The highest BCUT2D eigenvalue weighted by Gasteiger charge is 2.74. The SMILES string of the molecule is CC(C)CCC(=O)C(O)(C(F)(F)F)C(F)(F)F. The lowest BCUT2D eigenvalue weighted by atomic mass is 9.91. The minimum atomic E-state index is -6.07. The van der Waals surface area contributed by atoms with Crippen molar-refractivity contribution in [3.8, 4) is 0 Å². The highest BCUT2D eigenvalue weighted by molar-refractivity contribution is 5.89. The molecular weight excluding hydrogens is 254 g/mol. The van der Waals surface area contributed by atoms with Gasteiger partial charge in [0.15, 0.2) is 5.78 Å². The van der Waals surface area contributed by atoms with Crippen molar-refractivity contribution < 1.29 is 36.2 Å². The van der Waals surface area contributed by atoms with E-state index in [0.717, 1.165) is 0 Å². The zero-order valence-electron chi connectivity index (χ0n) is 9.11. The number of carbonyl (C=O) groups is 1. The molecule has 0 bridgehead atoms. The molecule has 0 aromatic carbocycles. The maximum atomic E-state index is 12.2. The molecule has 0 rings (SSSR count). The summed E-state index contributed by atoms with van der Waals surface area (Å²) in [4.78, 5) is 11.0. The number of carbonyl (C=O) groups excluding carboxylic acids is 1. The molecule has 0 unspecified atom stereocenters. The predicted molar refractivity (Wildman–Crippen MR) is 46.1 cm³/mol. The van der Waals surface area contributed by atoms with E-state index in [9.17, 15) is 31.1 Å². The van der Waals surface area contributed by atoms with Crippen molar-refractivity contribution in [3.05, 3.63) is 0 Å². The number of aliphatic hydroxyl groups is 1. The lowest BCUT2D eigenvalue weighted by Crippen LogP contribution is -2.62. The van der Waals surface area contributed by atoms with E-state index in [-0.39, 0.29) is 12.3 Å². The van der Waals surface area contributed by atoms with Crippen molar-refractivity contribution in [1.29, 1.82) is 0 Å². The van der Waals surface area contributed by atoms with Gasteiger partial charge in [0.2, 0.25) is 0 Å². The lowest BCUT2D eigenvalue weighted by Gasteiger charge is -2.30. The standard InChI is InChI=1S/C9H12F6O2/c1-5(2)3-4-6(16)7(17,8(10,11)12)9(13,14)15/h5,17H,3-4H2,1-2H3. The fraction of sp³-hybridized carbons (Fsp3) is 0.889. The summed E-state index contributed by atoms with van der Waals surface area (Å²) >= 11 is 0. The average Bonchev–Trinajstić information content (AvgIpc) is 2.08. The zero-order valence-corrected chi connectivity index (χ0v) is 9.11. The monoisotopic (exact) mass is 266 g/mol. The molecular formula is C9H12F6O2. The molecule has 0 radical (unpaired) electrons. The predicted octanol–water partition coefficient (Wildman–Crippen LogP) is 2.85. The molecule has 0 aromatic rings. The van der Waals surface area contributed by atoms with Crippen molar-refractivity contribution >= 4 is 5.78 Å². The van der Waals surface area contributed by atoms with E-state index in [1.807, 2.05) is 0 Å². The molecule has 8 heteroatoms. The van der Waals surface area contributed by atoms with Crippen LogP contribution in [0, 0.1) is 5.92 Å². The second-order valence-corrected chi connectivity index (χ2v) is 4.06. The van der Waals surface area contributed by atoms with Gasteiger partial charge in [-0.2, -0.15) is 26.3 Å². The highest BCUT2D eigenvalue weighted by Crippen LogP contribution is 2.44. The quantitative estimate of drug-likeness (QED) is 0.794. The summed E-state index contributed by atoms with van der Waals surface area (Å²) in [5, 5.41) is 8.67. The van der Waals surface area contributed by atoms with Crippen LogP contribution in [0.4, 0.5) is 26.3 Å². The van der Waals surface area contributed by atoms with Crippen molar-refractivity contribution in [2.75, 3.05) is 0 Å². The summed E-state index contributed by atoms with van der Waals surface area (Å²) in [6.07, 6.45) is -13.3. The summed E-state index contributed by atoms with van der Waals surface area (Å²) in [6.45, 7) is 3.07. The van der Waals surface area contributed by atoms with Gasteiger partial charge in [-0.1, -0.05) is 13.8 Å². The molecule has 102 valence electrons. The van der Waals surface area contributed by atoms with E-state index in [1.54, 1.807) is 0 Å². The number of hydrogen-bond acceptors (Lipinski definition) is 2. The maximum Gasteiger partial charge on any atom is 0.433 e. The first-order chi connectivity index (χ1) is 7.34. The minimum absolute atomic E-state index is 0.159.